The van der Waals surface area contributed by atoms with E-state index in [1.807, 2.05) is 24.3 Å². The second-order valence-corrected chi connectivity index (χ2v) is 8.33. The quantitative estimate of drug-likeness (QED) is 0.738. The number of anilines is 1. The molecule has 0 aliphatic heterocycles. The molecule has 0 aliphatic rings. The minimum Gasteiger partial charge on any atom is -0.379 e. The summed E-state index contributed by atoms with van der Waals surface area (Å²) in [6.07, 6.45) is 1.71. The molecule has 0 radical (unpaired) electrons. The predicted octanol–water partition coefficient (Wildman–Crippen LogP) is 2.35. The molecular formula is C17H20FN5O2S. The standard InChI is InChI=1S/C17H20FN5O2S/c1-11-7-12(2)23-14(10-20-17(23)21-11)9-19-13-5-6-15(18)16(8-13)26(24,25)22(3)4/h5-8,10,19H,9H2,1-4H3. The molecular weight excluding hydrogens is 357 g/mol. The molecule has 0 unspecified atom stereocenters. The topological polar surface area (TPSA) is 79.6 Å². The molecule has 0 bridgehead atoms. The van der Waals surface area contributed by atoms with Crippen molar-refractivity contribution in [1.82, 2.24) is 18.7 Å². The maximum Gasteiger partial charge on any atom is 0.245 e. The lowest BCUT2D eigenvalue weighted by Gasteiger charge is -2.14. The van der Waals surface area contributed by atoms with Crippen molar-refractivity contribution >= 4 is 21.5 Å². The molecule has 9 heteroatoms. The molecule has 26 heavy (non-hydrogen) atoms. The van der Waals surface area contributed by atoms with Crippen LogP contribution in [-0.4, -0.2) is 41.2 Å². The molecule has 0 saturated carbocycles. The average molecular weight is 377 g/mol. The summed E-state index contributed by atoms with van der Waals surface area (Å²) < 4.78 is 41.3. The fraction of sp³-hybridized carbons (Fsp3) is 0.294. The van der Waals surface area contributed by atoms with E-state index in [-0.39, 0.29) is 4.90 Å². The van der Waals surface area contributed by atoms with Crippen LogP contribution in [-0.2, 0) is 16.6 Å². The highest BCUT2D eigenvalue weighted by Crippen LogP contribution is 2.22. The Balaban J connectivity index is 1.90. The first kappa shape index (κ1) is 18.3. The molecule has 2 aromatic heterocycles. The van der Waals surface area contributed by atoms with Crippen LogP contribution in [0, 0.1) is 19.7 Å². The number of rotatable bonds is 5. The highest BCUT2D eigenvalue weighted by atomic mass is 32.2. The number of hydrogen-bond donors (Lipinski definition) is 1. The molecule has 3 aromatic rings. The largest absolute Gasteiger partial charge is 0.379 e. The van der Waals surface area contributed by atoms with Crippen molar-refractivity contribution in [3.8, 4) is 0 Å². The second-order valence-electron chi connectivity index (χ2n) is 6.21. The molecule has 0 spiro atoms. The number of halogens is 1. The van der Waals surface area contributed by atoms with E-state index in [2.05, 4.69) is 15.3 Å². The van der Waals surface area contributed by atoms with Crippen molar-refractivity contribution in [2.24, 2.45) is 0 Å². The minimum absolute atomic E-state index is 0.362. The molecule has 0 atom stereocenters. The molecule has 0 aliphatic carbocycles. The van der Waals surface area contributed by atoms with Crippen LogP contribution < -0.4 is 5.32 Å². The Morgan fingerprint density at radius 1 is 1.23 bits per heavy atom. The number of imidazole rings is 1. The summed E-state index contributed by atoms with van der Waals surface area (Å²) in [6.45, 7) is 4.26. The third kappa shape index (κ3) is 3.27. The molecule has 0 fully saturated rings. The number of benzene rings is 1. The van der Waals surface area contributed by atoms with Crippen molar-refractivity contribution in [2.45, 2.75) is 25.3 Å². The molecule has 1 N–H and O–H groups in total. The molecule has 1 aromatic carbocycles. The van der Waals surface area contributed by atoms with Crippen molar-refractivity contribution in [1.29, 1.82) is 0 Å². The van der Waals surface area contributed by atoms with Crippen LogP contribution in [0.15, 0.2) is 35.4 Å². The van der Waals surface area contributed by atoms with Crippen molar-refractivity contribution in [3.63, 3.8) is 0 Å². The van der Waals surface area contributed by atoms with Crippen molar-refractivity contribution < 1.29 is 12.8 Å². The summed E-state index contributed by atoms with van der Waals surface area (Å²) in [5, 5.41) is 3.12. The lowest BCUT2D eigenvalue weighted by Crippen LogP contribution is -2.23. The van der Waals surface area contributed by atoms with Gasteiger partial charge >= 0.3 is 0 Å². The summed E-state index contributed by atoms with van der Waals surface area (Å²) in [6, 6.07) is 5.90. The number of nitrogens with one attached hydrogen (secondary N) is 1. The van der Waals surface area contributed by atoms with E-state index in [1.165, 1.54) is 26.2 Å². The molecule has 7 nitrogen and oxygen atoms in total. The molecule has 138 valence electrons. The molecule has 2 heterocycles. The molecule has 3 rings (SSSR count). The van der Waals surface area contributed by atoms with Crippen LogP contribution in [0.1, 0.15) is 17.1 Å². The average Bonchev–Trinajstić information content (AvgIpc) is 2.96. The van der Waals surface area contributed by atoms with Crippen LogP contribution in [0.2, 0.25) is 0 Å². The third-order valence-corrected chi connectivity index (χ3v) is 5.86. The van der Waals surface area contributed by atoms with E-state index in [0.717, 1.165) is 27.5 Å². The lowest BCUT2D eigenvalue weighted by atomic mass is 10.3. The zero-order chi connectivity index (χ0) is 19.1. The Morgan fingerprint density at radius 2 is 1.96 bits per heavy atom. The second kappa shape index (κ2) is 6.65. The van der Waals surface area contributed by atoms with Gasteiger partial charge in [0.15, 0.2) is 0 Å². The van der Waals surface area contributed by atoms with Gasteiger partial charge in [-0.25, -0.2) is 27.1 Å². The number of hydrogen-bond acceptors (Lipinski definition) is 5. The maximum absolute atomic E-state index is 14.0. The summed E-state index contributed by atoms with van der Waals surface area (Å²) in [4.78, 5) is 8.31. The third-order valence-electron chi connectivity index (χ3n) is 4.03. The van der Waals surface area contributed by atoms with Gasteiger partial charge in [-0.3, -0.25) is 4.40 Å². The van der Waals surface area contributed by atoms with Crippen LogP contribution in [0.25, 0.3) is 5.78 Å². The number of sulfonamides is 1. The Kier molecular flexibility index (Phi) is 4.68. The Bertz CT molecular complexity index is 1080. The summed E-state index contributed by atoms with van der Waals surface area (Å²) in [7, 11) is -1.13. The van der Waals surface area contributed by atoms with Gasteiger partial charge in [0.2, 0.25) is 15.8 Å². The van der Waals surface area contributed by atoms with Gasteiger partial charge in [0.25, 0.3) is 0 Å². The van der Waals surface area contributed by atoms with E-state index >= 15 is 0 Å². The van der Waals surface area contributed by atoms with Gasteiger partial charge in [0, 0.05) is 31.2 Å². The van der Waals surface area contributed by atoms with Gasteiger partial charge in [-0.05, 0) is 38.1 Å². The SMILES string of the molecule is Cc1cc(C)n2c(CNc3ccc(F)c(S(=O)(=O)N(C)C)c3)cnc2n1. The molecule has 0 amide bonds. The monoisotopic (exact) mass is 377 g/mol. The Morgan fingerprint density at radius 3 is 2.65 bits per heavy atom. The summed E-state index contributed by atoms with van der Waals surface area (Å²) in [5.74, 6) is -0.177. The van der Waals surface area contributed by atoms with Gasteiger partial charge in [-0.2, -0.15) is 0 Å². The summed E-state index contributed by atoms with van der Waals surface area (Å²) in [5.41, 5.74) is 3.25. The Labute approximate surface area is 151 Å². The summed E-state index contributed by atoms with van der Waals surface area (Å²) >= 11 is 0. The van der Waals surface area contributed by atoms with Gasteiger partial charge in [0.05, 0.1) is 18.4 Å². The number of fused-ring (bicyclic) bond motifs is 1. The van der Waals surface area contributed by atoms with Crippen LogP contribution in [0.3, 0.4) is 0 Å². The van der Waals surface area contributed by atoms with Gasteiger partial charge < -0.3 is 5.32 Å². The first-order valence-electron chi connectivity index (χ1n) is 7.96. The van der Waals surface area contributed by atoms with Crippen LogP contribution in [0.4, 0.5) is 10.1 Å². The highest BCUT2D eigenvalue weighted by molar-refractivity contribution is 7.89. The first-order valence-corrected chi connectivity index (χ1v) is 9.40. The number of aromatic nitrogens is 3. The van der Waals surface area contributed by atoms with Gasteiger partial charge in [-0.15, -0.1) is 0 Å². The van der Waals surface area contributed by atoms with Crippen molar-refractivity contribution in [2.75, 3.05) is 19.4 Å². The number of nitrogens with zero attached hydrogens (tertiary/aromatic N) is 4. The zero-order valence-electron chi connectivity index (χ0n) is 15.0. The van der Waals surface area contributed by atoms with Gasteiger partial charge in [0.1, 0.15) is 10.7 Å². The first-order chi connectivity index (χ1) is 12.2. The normalized spacial score (nSPS) is 12.1. The van der Waals surface area contributed by atoms with E-state index in [0.29, 0.717) is 18.0 Å². The molecule has 0 saturated heterocycles. The van der Waals surface area contributed by atoms with E-state index < -0.39 is 15.8 Å². The fourth-order valence-electron chi connectivity index (χ4n) is 2.72. The maximum atomic E-state index is 14.0. The lowest BCUT2D eigenvalue weighted by molar-refractivity contribution is 0.508. The predicted molar refractivity (Wildman–Crippen MR) is 97.1 cm³/mol. The van der Waals surface area contributed by atoms with Crippen molar-refractivity contribution in [3.05, 3.63) is 53.4 Å². The zero-order valence-corrected chi connectivity index (χ0v) is 15.8. The van der Waals surface area contributed by atoms with E-state index in [4.69, 9.17) is 0 Å². The minimum atomic E-state index is -3.86. The van der Waals surface area contributed by atoms with Crippen LogP contribution in [0.5, 0.6) is 0 Å². The van der Waals surface area contributed by atoms with E-state index in [1.54, 1.807) is 6.20 Å². The smallest absolute Gasteiger partial charge is 0.245 e. The fourth-order valence-corrected chi connectivity index (χ4v) is 3.70. The highest BCUT2D eigenvalue weighted by Gasteiger charge is 2.22. The van der Waals surface area contributed by atoms with Crippen LogP contribution >= 0.6 is 0 Å². The van der Waals surface area contributed by atoms with E-state index in [9.17, 15) is 12.8 Å². The number of aryl methyl sites for hydroxylation is 2. The van der Waals surface area contributed by atoms with Gasteiger partial charge in [-0.1, -0.05) is 0 Å². The Hall–Kier alpha value is -2.52.